The Balaban J connectivity index is 1.76. The number of hydrogen-bond donors (Lipinski definition) is 1. The van der Waals surface area contributed by atoms with Gasteiger partial charge in [0.05, 0.1) is 0 Å². The lowest BCUT2D eigenvalue weighted by Gasteiger charge is -2.17. The fourth-order valence-corrected chi connectivity index (χ4v) is 2.93. The van der Waals surface area contributed by atoms with E-state index in [4.69, 9.17) is 0 Å². The van der Waals surface area contributed by atoms with Gasteiger partial charge >= 0.3 is 0 Å². The van der Waals surface area contributed by atoms with Crippen molar-refractivity contribution in [1.82, 2.24) is 5.32 Å². The van der Waals surface area contributed by atoms with E-state index in [0.717, 1.165) is 6.54 Å². The van der Waals surface area contributed by atoms with E-state index in [1.165, 1.54) is 27.8 Å². The molecule has 3 aromatic carbocycles. The molecule has 1 atom stereocenters. The molecule has 3 rings (SSSR count). The van der Waals surface area contributed by atoms with Gasteiger partial charge < -0.3 is 5.32 Å². The first-order valence-electron chi connectivity index (χ1n) is 8.18. The Labute approximate surface area is 139 Å². The first-order chi connectivity index (χ1) is 11.3. The first-order valence-corrected chi connectivity index (χ1v) is 8.18. The van der Waals surface area contributed by atoms with E-state index in [2.05, 4.69) is 98.0 Å². The van der Waals surface area contributed by atoms with Crippen molar-refractivity contribution in [2.75, 3.05) is 0 Å². The van der Waals surface area contributed by atoms with Crippen LogP contribution in [0, 0.1) is 6.92 Å². The van der Waals surface area contributed by atoms with E-state index in [1.807, 2.05) is 0 Å². The van der Waals surface area contributed by atoms with E-state index >= 15 is 0 Å². The van der Waals surface area contributed by atoms with Gasteiger partial charge in [0.2, 0.25) is 0 Å². The highest BCUT2D eigenvalue weighted by atomic mass is 14.9. The zero-order valence-electron chi connectivity index (χ0n) is 13.8. The third kappa shape index (κ3) is 3.69. The molecule has 1 nitrogen and oxygen atoms in total. The molecule has 23 heavy (non-hydrogen) atoms. The zero-order valence-corrected chi connectivity index (χ0v) is 13.8. The van der Waals surface area contributed by atoms with Gasteiger partial charge in [-0.05, 0) is 41.7 Å². The van der Waals surface area contributed by atoms with Gasteiger partial charge in [0.1, 0.15) is 0 Å². The van der Waals surface area contributed by atoms with Crippen LogP contribution in [0.1, 0.15) is 29.7 Å². The average molecular weight is 301 g/mol. The summed E-state index contributed by atoms with van der Waals surface area (Å²) < 4.78 is 0. The lowest BCUT2D eigenvalue weighted by molar-refractivity contribution is 0.573. The maximum absolute atomic E-state index is 3.63. The topological polar surface area (TPSA) is 12.0 Å². The number of benzene rings is 3. The summed E-state index contributed by atoms with van der Waals surface area (Å²) in [5.41, 5.74) is 6.63. The lowest BCUT2D eigenvalue weighted by Crippen LogP contribution is -2.18. The van der Waals surface area contributed by atoms with Crippen molar-refractivity contribution in [3.05, 3.63) is 95.6 Å². The van der Waals surface area contributed by atoms with E-state index < -0.39 is 0 Å². The summed E-state index contributed by atoms with van der Waals surface area (Å²) in [4.78, 5) is 0. The molecule has 0 spiro atoms. The molecule has 0 unspecified atom stereocenters. The molecular formula is C22H23N. The first kappa shape index (κ1) is 15.5. The summed E-state index contributed by atoms with van der Waals surface area (Å²) in [6.07, 6.45) is 0. The summed E-state index contributed by atoms with van der Waals surface area (Å²) in [5.74, 6) is 0. The molecule has 1 N–H and O–H groups in total. The standard InChI is InChI=1S/C22H23N/c1-17-21(16-23-18(2)19-10-5-3-6-11-19)14-9-15-22(17)20-12-7-4-8-13-20/h3-15,18,23H,16H2,1-2H3/t18-/m1/s1. The van der Waals surface area contributed by atoms with Crippen molar-refractivity contribution < 1.29 is 0 Å². The quantitative estimate of drug-likeness (QED) is 0.655. The molecule has 0 bridgehead atoms. The molecule has 0 aliphatic rings. The van der Waals surface area contributed by atoms with Crippen LogP contribution in [-0.4, -0.2) is 0 Å². The van der Waals surface area contributed by atoms with Gasteiger partial charge in [-0.3, -0.25) is 0 Å². The third-order valence-corrected chi connectivity index (χ3v) is 4.43. The van der Waals surface area contributed by atoms with Gasteiger partial charge in [-0.1, -0.05) is 78.9 Å². The SMILES string of the molecule is Cc1c(CN[C@H](C)c2ccccc2)cccc1-c1ccccc1. The normalized spacial score (nSPS) is 12.1. The maximum Gasteiger partial charge on any atom is 0.0294 e. The molecule has 0 heterocycles. The Kier molecular flexibility index (Phi) is 4.89. The minimum Gasteiger partial charge on any atom is -0.306 e. The highest BCUT2D eigenvalue weighted by molar-refractivity contribution is 5.68. The summed E-state index contributed by atoms with van der Waals surface area (Å²) >= 11 is 0. The molecule has 3 aromatic rings. The molecule has 0 aliphatic carbocycles. The Bertz CT molecular complexity index is 747. The molecule has 0 radical (unpaired) electrons. The van der Waals surface area contributed by atoms with Crippen LogP contribution in [0.5, 0.6) is 0 Å². The van der Waals surface area contributed by atoms with Crippen LogP contribution in [0.4, 0.5) is 0 Å². The van der Waals surface area contributed by atoms with Crippen LogP contribution < -0.4 is 5.32 Å². The molecule has 1 heteroatoms. The van der Waals surface area contributed by atoms with Crippen LogP contribution in [0.25, 0.3) is 11.1 Å². The lowest BCUT2D eigenvalue weighted by atomic mass is 9.96. The highest BCUT2D eigenvalue weighted by Crippen LogP contribution is 2.26. The van der Waals surface area contributed by atoms with E-state index in [-0.39, 0.29) is 0 Å². The molecule has 0 saturated carbocycles. The predicted octanol–water partition coefficient (Wildman–Crippen LogP) is 5.51. The average Bonchev–Trinajstić information content (AvgIpc) is 2.62. The van der Waals surface area contributed by atoms with Gasteiger partial charge in [-0.25, -0.2) is 0 Å². The smallest absolute Gasteiger partial charge is 0.0294 e. The van der Waals surface area contributed by atoms with Crippen LogP contribution in [0.3, 0.4) is 0 Å². The second kappa shape index (κ2) is 7.26. The second-order valence-electron chi connectivity index (χ2n) is 5.97. The van der Waals surface area contributed by atoms with Crippen LogP contribution in [0.2, 0.25) is 0 Å². The van der Waals surface area contributed by atoms with Crippen molar-refractivity contribution in [3.63, 3.8) is 0 Å². The van der Waals surface area contributed by atoms with Crippen molar-refractivity contribution in [2.45, 2.75) is 26.4 Å². The highest BCUT2D eigenvalue weighted by Gasteiger charge is 2.08. The third-order valence-electron chi connectivity index (χ3n) is 4.43. The fraction of sp³-hybridized carbons (Fsp3) is 0.182. The predicted molar refractivity (Wildman–Crippen MR) is 98.3 cm³/mol. The minimum absolute atomic E-state index is 0.344. The molecule has 0 amide bonds. The van der Waals surface area contributed by atoms with Gasteiger partial charge in [-0.2, -0.15) is 0 Å². The number of nitrogens with one attached hydrogen (secondary N) is 1. The Hall–Kier alpha value is -2.38. The summed E-state index contributed by atoms with van der Waals surface area (Å²) in [7, 11) is 0. The number of rotatable bonds is 5. The monoisotopic (exact) mass is 301 g/mol. The van der Waals surface area contributed by atoms with Crippen LogP contribution in [0.15, 0.2) is 78.9 Å². The van der Waals surface area contributed by atoms with E-state index in [9.17, 15) is 0 Å². The van der Waals surface area contributed by atoms with Gasteiger partial charge in [0, 0.05) is 12.6 Å². The molecule has 0 saturated heterocycles. The number of hydrogen-bond acceptors (Lipinski definition) is 1. The second-order valence-corrected chi connectivity index (χ2v) is 5.97. The van der Waals surface area contributed by atoms with Crippen LogP contribution in [-0.2, 0) is 6.54 Å². The Morgan fingerprint density at radius 2 is 1.43 bits per heavy atom. The summed E-state index contributed by atoms with van der Waals surface area (Å²) in [6.45, 7) is 5.31. The Morgan fingerprint density at radius 3 is 2.13 bits per heavy atom. The van der Waals surface area contributed by atoms with Gasteiger partial charge in [0.15, 0.2) is 0 Å². The maximum atomic E-state index is 3.63. The minimum atomic E-state index is 0.344. The Morgan fingerprint density at radius 1 is 0.783 bits per heavy atom. The van der Waals surface area contributed by atoms with Gasteiger partial charge in [-0.15, -0.1) is 0 Å². The van der Waals surface area contributed by atoms with Crippen molar-refractivity contribution in [2.24, 2.45) is 0 Å². The molecular weight excluding hydrogens is 278 g/mol. The van der Waals surface area contributed by atoms with Crippen molar-refractivity contribution in [1.29, 1.82) is 0 Å². The van der Waals surface area contributed by atoms with Gasteiger partial charge in [0.25, 0.3) is 0 Å². The fourth-order valence-electron chi connectivity index (χ4n) is 2.93. The summed E-state index contributed by atoms with van der Waals surface area (Å²) in [5, 5.41) is 3.63. The van der Waals surface area contributed by atoms with E-state index in [0.29, 0.717) is 6.04 Å². The summed E-state index contributed by atoms with van der Waals surface area (Å²) in [6, 6.07) is 28.1. The largest absolute Gasteiger partial charge is 0.306 e. The van der Waals surface area contributed by atoms with Crippen molar-refractivity contribution >= 4 is 0 Å². The van der Waals surface area contributed by atoms with Crippen molar-refractivity contribution in [3.8, 4) is 11.1 Å². The van der Waals surface area contributed by atoms with E-state index in [1.54, 1.807) is 0 Å². The molecule has 0 aliphatic heterocycles. The molecule has 0 fully saturated rings. The zero-order chi connectivity index (χ0) is 16.1. The molecule has 116 valence electrons. The van der Waals surface area contributed by atoms with Crippen LogP contribution >= 0.6 is 0 Å². The molecule has 0 aromatic heterocycles.